The van der Waals surface area contributed by atoms with Gasteiger partial charge in [0.2, 0.25) is 5.91 Å². The third kappa shape index (κ3) is 5.37. The van der Waals surface area contributed by atoms with Crippen LogP contribution in [0, 0.1) is 23.1 Å². The first kappa shape index (κ1) is 23.9. The minimum Gasteiger partial charge on any atom is -0.369 e. The van der Waals surface area contributed by atoms with Crippen molar-refractivity contribution >= 4 is 17.8 Å². The summed E-state index contributed by atoms with van der Waals surface area (Å²) in [6.45, 7) is 7.64. The molecule has 8 heteroatoms. The van der Waals surface area contributed by atoms with Crippen LogP contribution in [0.2, 0.25) is 0 Å². The second kappa shape index (κ2) is 9.41. The molecular weight excluding hydrogens is 421 g/mol. The van der Waals surface area contributed by atoms with Crippen LogP contribution in [0.5, 0.6) is 0 Å². The van der Waals surface area contributed by atoms with Crippen molar-refractivity contribution in [2.24, 2.45) is 16.6 Å². The topological polar surface area (TPSA) is 112 Å². The number of rotatable bonds is 6. The van der Waals surface area contributed by atoms with Crippen molar-refractivity contribution in [1.82, 2.24) is 10.2 Å². The van der Waals surface area contributed by atoms with E-state index < -0.39 is 23.3 Å². The molecule has 3 rings (SSSR count). The molecule has 1 unspecified atom stereocenters. The summed E-state index contributed by atoms with van der Waals surface area (Å²) in [4.78, 5) is 31.4. The number of hydrogen-bond donors (Lipinski definition) is 2. The van der Waals surface area contributed by atoms with Crippen LogP contribution in [0.15, 0.2) is 47.5 Å². The van der Waals surface area contributed by atoms with Crippen LogP contribution in [0.25, 0.3) is 0 Å². The maximum absolute atomic E-state index is 14.3. The van der Waals surface area contributed by atoms with E-state index in [1.165, 1.54) is 17.0 Å². The van der Waals surface area contributed by atoms with E-state index in [0.717, 1.165) is 11.6 Å². The summed E-state index contributed by atoms with van der Waals surface area (Å²) in [6, 6.07) is 12.5. The molecule has 3 N–H and O–H groups in total. The first-order valence-electron chi connectivity index (χ1n) is 10.8. The van der Waals surface area contributed by atoms with Crippen LogP contribution >= 0.6 is 0 Å². The molecule has 0 saturated heterocycles. The van der Waals surface area contributed by atoms with Crippen LogP contribution in [0.4, 0.5) is 4.39 Å². The highest BCUT2D eigenvalue weighted by molar-refractivity contribution is 5.99. The number of carbonyl (C=O) groups is 2. The number of amides is 2. The third-order valence-electron chi connectivity index (χ3n) is 6.12. The minimum atomic E-state index is -0.594. The van der Waals surface area contributed by atoms with Crippen molar-refractivity contribution in [3.05, 3.63) is 70.5 Å². The van der Waals surface area contributed by atoms with Crippen LogP contribution in [0.1, 0.15) is 67.2 Å². The normalized spacial score (nSPS) is 19.1. The molecule has 33 heavy (non-hydrogen) atoms. The van der Waals surface area contributed by atoms with Gasteiger partial charge in [-0.15, -0.1) is 0 Å². The Kier molecular flexibility index (Phi) is 6.82. The zero-order chi connectivity index (χ0) is 24.3. The molecule has 0 saturated carbocycles. The summed E-state index contributed by atoms with van der Waals surface area (Å²) in [5.41, 5.74) is 7.30. The lowest BCUT2D eigenvalue weighted by molar-refractivity contribution is -0.130. The second-order valence-corrected chi connectivity index (χ2v) is 8.92. The molecule has 1 aliphatic rings. The van der Waals surface area contributed by atoms with E-state index in [1.54, 1.807) is 31.2 Å². The third-order valence-corrected chi connectivity index (χ3v) is 6.12. The minimum absolute atomic E-state index is 0.0140. The zero-order valence-electron chi connectivity index (χ0n) is 19.2. The van der Waals surface area contributed by atoms with Gasteiger partial charge in [-0.25, -0.2) is 9.38 Å². The molecular formula is C25H28FN5O2. The van der Waals surface area contributed by atoms with E-state index in [1.807, 2.05) is 20.8 Å². The number of guanidine groups is 1. The Morgan fingerprint density at radius 1 is 1.30 bits per heavy atom. The molecule has 1 heterocycles. The van der Waals surface area contributed by atoms with Crippen LogP contribution in [-0.4, -0.2) is 28.2 Å². The fourth-order valence-electron chi connectivity index (χ4n) is 3.69. The zero-order valence-corrected chi connectivity index (χ0v) is 19.2. The molecule has 0 bridgehead atoms. The Morgan fingerprint density at radius 2 is 2.03 bits per heavy atom. The Labute approximate surface area is 193 Å². The standard InChI is InChI=1S/C25H28FN5O2/c1-15(2)25(4)12-22(32)31(24(28)30-25)14-18-9-20(11-21(26)10-18)23(33)29-16(3)19-7-5-6-17(8-19)13-27/h5-11,15-16H,12,14H2,1-4H3,(H2,28,30)(H,29,33)/t16?,25-/m0/s1. The van der Waals surface area contributed by atoms with Gasteiger partial charge in [-0.1, -0.05) is 26.0 Å². The summed E-state index contributed by atoms with van der Waals surface area (Å²) < 4.78 is 14.3. The average molecular weight is 450 g/mol. The van der Waals surface area contributed by atoms with Crippen LogP contribution in [0.3, 0.4) is 0 Å². The lowest BCUT2D eigenvalue weighted by Crippen LogP contribution is -2.51. The van der Waals surface area contributed by atoms with Crippen molar-refractivity contribution in [2.45, 2.75) is 52.2 Å². The number of halogens is 1. The molecule has 0 fully saturated rings. The Morgan fingerprint density at radius 3 is 2.67 bits per heavy atom. The maximum Gasteiger partial charge on any atom is 0.251 e. The van der Waals surface area contributed by atoms with Crippen molar-refractivity contribution in [3.8, 4) is 6.07 Å². The molecule has 0 spiro atoms. The number of nitrogens with zero attached hydrogens (tertiary/aromatic N) is 3. The Bertz CT molecular complexity index is 1150. The average Bonchev–Trinajstić information content (AvgIpc) is 2.75. The van der Waals surface area contributed by atoms with E-state index in [-0.39, 0.29) is 36.3 Å². The molecule has 0 aromatic heterocycles. The first-order chi connectivity index (χ1) is 15.5. The van der Waals surface area contributed by atoms with Crippen LogP contribution < -0.4 is 11.1 Å². The molecule has 0 aliphatic carbocycles. The molecule has 2 aromatic rings. The fraction of sp³-hybridized carbons (Fsp3) is 0.360. The number of hydrogen-bond acceptors (Lipinski definition) is 5. The van der Waals surface area contributed by atoms with Gasteiger partial charge in [0.05, 0.1) is 36.2 Å². The number of benzene rings is 2. The number of carbonyl (C=O) groups excluding carboxylic acids is 2. The summed E-state index contributed by atoms with van der Waals surface area (Å²) in [5, 5.41) is 11.9. The summed E-state index contributed by atoms with van der Waals surface area (Å²) in [5.74, 6) is -1.04. The van der Waals surface area contributed by atoms with Gasteiger partial charge in [0.25, 0.3) is 5.91 Å². The largest absolute Gasteiger partial charge is 0.369 e. The van der Waals surface area contributed by atoms with Gasteiger partial charge in [-0.2, -0.15) is 5.26 Å². The van der Waals surface area contributed by atoms with Gasteiger partial charge in [0.15, 0.2) is 5.96 Å². The number of nitriles is 1. The molecule has 2 aromatic carbocycles. The van der Waals surface area contributed by atoms with E-state index in [2.05, 4.69) is 16.4 Å². The fourth-order valence-corrected chi connectivity index (χ4v) is 3.69. The second-order valence-electron chi connectivity index (χ2n) is 8.92. The van der Waals surface area contributed by atoms with Gasteiger partial charge >= 0.3 is 0 Å². The first-order valence-corrected chi connectivity index (χ1v) is 10.8. The monoisotopic (exact) mass is 449 g/mol. The molecule has 0 radical (unpaired) electrons. The Hall–Kier alpha value is -3.73. The highest BCUT2D eigenvalue weighted by atomic mass is 19.1. The predicted molar refractivity (Wildman–Crippen MR) is 123 cm³/mol. The highest BCUT2D eigenvalue weighted by Gasteiger charge is 2.38. The van der Waals surface area contributed by atoms with Crippen molar-refractivity contribution in [1.29, 1.82) is 5.26 Å². The molecule has 2 amide bonds. The highest BCUT2D eigenvalue weighted by Crippen LogP contribution is 2.30. The van der Waals surface area contributed by atoms with Crippen molar-refractivity contribution in [2.75, 3.05) is 0 Å². The molecule has 2 atom stereocenters. The van der Waals surface area contributed by atoms with Gasteiger partial charge in [0, 0.05) is 5.56 Å². The molecule has 172 valence electrons. The van der Waals surface area contributed by atoms with Gasteiger partial charge in [0.1, 0.15) is 5.82 Å². The summed E-state index contributed by atoms with van der Waals surface area (Å²) >= 11 is 0. The summed E-state index contributed by atoms with van der Waals surface area (Å²) in [7, 11) is 0. The van der Waals surface area contributed by atoms with E-state index in [0.29, 0.717) is 11.1 Å². The lowest BCUT2D eigenvalue weighted by Gasteiger charge is -2.37. The quantitative estimate of drug-likeness (QED) is 0.701. The van der Waals surface area contributed by atoms with Gasteiger partial charge in [-0.3, -0.25) is 14.5 Å². The maximum atomic E-state index is 14.3. The lowest BCUT2D eigenvalue weighted by atomic mass is 9.84. The smallest absolute Gasteiger partial charge is 0.251 e. The van der Waals surface area contributed by atoms with Gasteiger partial charge in [-0.05, 0) is 61.2 Å². The number of nitrogens with one attached hydrogen (secondary N) is 1. The van der Waals surface area contributed by atoms with E-state index >= 15 is 0 Å². The van der Waals surface area contributed by atoms with Crippen LogP contribution in [-0.2, 0) is 11.3 Å². The molecule has 1 aliphatic heterocycles. The molecule has 7 nitrogen and oxygen atoms in total. The van der Waals surface area contributed by atoms with E-state index in [9.17, 15) is 14.0 Å². The van der Waals surface area contributed by atoms with E-state index in [4.69, 9.17) is 11.0 Å². The number of nitrogens with two attached hydrogens (primary N) is 1. The SMILES string of the molecule is CC(NC(=O)c1cc(F)cc(CN2C(=O)C[C@@](C)(C(C)C)N=C2N)c1)c1cccc(C#N)c1. The van der Waals surface area contributed by atoms with Crippen molar-refractivity contribution in [3.63, 3.8) is 0 Å². The van der Waals surface area contributed by atoms with Gasteiger partial charge < -0.3 is 11.1 Å². The summed E-state index contributed by atoms with van der Waals surface area (Å²) in [6.07, 6.45) is 0.202. The van der Waals surface area contributed by atoms with Crippen molar-refractivity contribution < 1.29 is 14.0 Å². The number of aliphatic imine (C=N–C) groups is 1. The predicted octanol–water partition coefficient (Wildman–Crippen LogP) is 3.65. The Balaban J connectivity index is 1.79.